The molecular weight excluding hydrogens is 228 g/mol. The Hall–Kier alpha value is -1.55. The average molecular weight is 250 g/mol. The number of hydrogen-bond acceptors (Lipinski definition) is 3. The maximum absolute atomic E-state index is 11.0. The van der Waals surface area contributed by atoms with Crippen LogP contribution in [0.4, 0.5) is 0 Å². The summed E-state index contributed by atoms with van der Waals surface area (Å²) >= 11 is 0. The number of nitrogens with two attached hydrogens (primary N) is 2. The van der Waals surface area contributed by atoms with Crippen molar-refractivity contribution in [2.45, 2.75) is 39.2 Å². The van der Waals surface area contributed by atoms with Crippen LogP contribution in [0.15, 0.2) is 12.1 Å². The van der Waals surface area contributed by atoms with Crippen LogP contribution >= 0.6 is 0 Å². The largest absolute Gasteiger partial charge is 0.496 e. The summed E-state index contributed by atoms with van der Waals surface area (Å²) < 4.78 is 5.37. The molecule has 0 aliphatic rings. The van der Waals surface area contributed by atoms with Gasteiger partial charge in [0, 0.05) is 0 Å². The second-order valence-corrected chi connectivity index (χ2v) is 4.89. The number of primary amides is 1. The third kappa shape index (κ3) is 3.23. The number of ether oxygens (including phenoxy) is 1. The van der Waals surface area contributed by atoms with E-state index in [1.165, 1.54) is 0 Å². The summed E-state index contributed by atoms with van der Waals surface area (Å²) in [4.78, 5) is 11.0. The van der Waals surface area contributed by atoms with E-state index in [2.05, 4.69) is 19.9 Å². The van der Waals surface area contributed by atoms with Crippen LogP contribution in [0.3, 0.4) is 0 Å². The molecule has 0 saturated carbocycles. The molecule has 100 valence electrons. The van der Waals surface area contributed by atoms with E-state index in [-0.39, 0.29) is 0 Å². The van der Waals surface area contributed by atoms with Crippen molar-refractivity contribution in [2.75, 3.05) is 7.11 Å². The van der Waals surface area contributed by atoms with Crippen LogP contribution < -0.4 is 16.2 Å². The zero-order chi connectivity index (χ0) is 13.9. The molecule has 18 heavy (non-hydrogen) atoms. The number of benzene rings is 1. The Labute approximate surface area is 108 Å². The zero-order valence-corrected chi connectivity index (χ0v) is 11.5. The van der Waals surface area contributed by atoms with Crippen molar-refractivity contribution in [3.63, 3.8) is 0 Å². The third-order valence-electron chi connectivity index (χ3n) is 3.12. The molecule has 0 heterocycles. The molecule has 1 rings (SSSR count). The fourth-order valence-corrected chi connectivity index (χ4v) is 1.93. The molecule has 1 aromatic rings. The summed E-state index contributed by atoms with van der Waals surface area (Å²) in [6.45, 7) is 6.19. The van der Waals surface area contributed by atoms with Crippen LogP contribution in [0.25, 0.3) is 0 Å². The Kier molecular flexibility index (Phi) is 4.73. The summed E-state index contributed by atoms with van der Waals surface area (Å²) in [5, 5.41) is 0. The van der Waals surface area contributed by atoms with Gasteiger partial charge in [0.1, 0.15) is 5.75 Å². The quantitative estimate of drug-likeness (QED) is 0.831. The van der Waals surface area contributed by atoms with Gasteiger partial charge < -0.3 is 16.2 Å². The van der Waals surface area contributed by atoms with E-state index in [1.54, 1.807) is 7.11 Å². The number of methoxy groups -OCH3 is 1. The number of carbonyl (C=O) groups is 1. The summed E-state index contributed by atoms with van der Waals surface area (Å²) in [6.07, 6.45) is 0.463. The molecule has 0 aliphatic heterocycles. The van der Waals surface area contributed by atoms with Crippen molar-refractivity contribution in [1.82, 2.24) is 0 Å². The second-order valence-electron chi connectivity index (χ2n) is 4.89. The smallest absolute Gasteiger partial charge is 0.234 e. The van der Waals surface area contributed by atoms with Crippen LogP contribution in [-0.4, -0.2) is 19.1 Å². The number of aryl methyl sites for hydroxylation is 1. The maximum Gasteiger partial charge on any atom is 0.234 e. The topological polar surface area (TPSA) is 78.3 Å². The molecule has 0 radical (unpaired) electrons. The first-order valence-electron chi connectivity index (χ1n) is 6.09. The van der Waals surface area contributed by atoms with Crippen LogP contribution in [0, 0.1) is 6.92 Å². The van der Waals surface area contributed by atoms with E-state index in [0.29, 0.717) is 12.3 Å². The molecule has 0 aromatic heterocycles. The molecule has 0 bridgehead atoms. The first-order chi connectivity index (χ1) is 8.36. The molecule has 0 saturated heterocycles. The SMILES string of the molecule is COc1cc(C)c(CC(N)C(N)=O)cc1C(C)C. The van der Waals surface area contributed by atoms with Crippen molar-refractivity contribution in [1.29, 1.82) is 0 Å². The van der Waals surface area contributed by atoms with Gasteiger partial charge in [0.2, 0.25) is 5.91 Å². The lowest BCUT2D eigenvalue weighted by Crippen LogP contribution is -2.38. The van der Waals surface area contributed by atoms with Gasteiger partial charge in [0.25, 0.3) is 0 Å². The van der Waals surface area contributed by atoms with E-state index >= 15 is 0 Å². The zero-order valence-electron chi connectivity index (χ0n) is 11.5. The van der Waals surface area contributed by atoms with Gasteiger partial charge in [-0.1, -0.05) is 19.9 Å². The molecule has 1 unspecified atom stereocenters. The number of hydrogen-bond donors (Lipinski definition) is 2. The lowest BCUT2D eigenvalue weighted by atomic mass is 9.93. The molecule has 4 heteroatoms. The van der Waals surface area contributed by atoms with Gasteiger partial charge in [-0.2, -0.15) is 0 Å². The van der Waals surface area contributed by atoms with E-state index in [0.717, 1.165) is 22.4 Å². The van der Waals surface area contributed by atoms with Gasteiger partial charge in [-0.25, -0.2) is 0 Å². The fraction of sp³-hybridized carbons (Fsp3) is 0.500. The van der Waals surface area contributed by atoms with Gasteiger partial charge in [0.05, 0.1) is 13.2 Å². The summed E-state index contributed by atoms with van der Waals surface area (Å²) in [5.74, 6) is 0.749. The maximum atomic E-state index is 11.0. The highest BCUT2D eigenvalue weighted by atomic mass is 16.5. The Balaban J connectivity index is 3.13. The van der Waals surface area contributed by atoms with E-state index < -0.39 is 11.9 Å². The highest BCUT2D eigenvalue weighted by molar-refractivity contribution is 5.80. The van der Waals surface area contributed by atoms with E-state index in [1.807, 2.05) is 13.0 Å². The van der Waals surface area contributed by atoms with Gasteiger partial charge >= 0.3 is 0 Å². The third-order valence-corrected chi connectivity index (χ3v) is 3.12. The number of amides is 1. The minimum atomic E-state index is -0.642. The van der Waals surface area contributed by atoms with Gasteiger partial charge in [-0.3, -0.25) is 4.79 Å². The van der Waals surface area contributed by atoms with Crippen LogP contribution in [0.1, 0.15) is 36.5 Å². The average Bonchev–Trinajstić information content (AvgIpc) is 2.30. The van der Waals surface area contributed by atoms with Crippen molar-refractivity contribution < 1.29 is 9.53 Å². The highest BCUT2D eigenvalue weighted by Crippen LogP contribution is 2.29. The molecule has 0 spiro atoms. The Bertz CT molecular complexity index is 442. The molecule has 0 aliphatic carbocycles. The van der Waals surface area contributed by atoms with Crippen molar-refractivity contribution in [3.05, 3.63) is 28.8 Å². The van der Waals surface area contributed by atoms with Gasteiger partial charge in [-0.15, -0.1) is 0 Å². The van der Waals surface area contributed by atoms with Crippen molar-refractivity contribution >= 4 is 5.91 Å². The van der Waals surface area contributed by atoms with Crippen molar-refractivity contribution in [2.24, 2.45) is 11.5 Å². The van der Waals surface area contributed by atoms with Crippen LogP contribution in [0.2, 0.25) is 0 Å². The molecule has 4 N–H and O–H groups in total. The predicted octanol–water partition coefficient (Wildman–Crippen LogP) is 1.48. The molecule has 1 amide bonds. The Morgan fingerprint density at radius 1 is 1.39 bits per heavy atom. The van der Waals surface area contributed by atoms with E-state index in [9.17, 15) is 4.79 Å². The normalized spacial score (nSPS) is 12.6. The second kappa shape index (κ2) is 5.87. The van der Waals surface area contributed by atoms with Gasteiger partial charge in [0.15, 0.2) is 0 Å². The summed E-state index contributed by atoms with van der Waals surface area (Å²) in [7, 11) is 1.66. The lowest BCUT2D eigenvalue weighted by Gasteiger charge is -2.17. The molecule has 1 atom stereocenters. The lowest BCUT2D eigenvalue weighted by molar-refractivity contribution is -0.119. The molecular formula is C14H22N2O2. The first kappa shape index (κ1) is 14.5. The summed E-state index contributed by atoms with van der Waals surface area (Å²) in [6, 6.07) is 3.40. The van der Waals surface area contributed by atoms with Crippen LogP contribution in [0.5, 0.6) is 5.75 Å². The van der Waals surface area contributed by atoms with E-state index in [4.69, 9.17) is 16.2 Å². The van der Waals surface area contributed by atoms with Crippen LogP contribution in [-0.2, 0) is 11.2 Å². The Morgan fingerprint density at radius 3 is 2.44 bits per heavy atom. The number of rotatable bonds is 5. The monoisotopic (exact) mass is 250 g/mol. The highest BCUT2D eigenvalue weighted by Gasteiger charge is 2.15. The van der Waals surface area contributed by atoms with Gasteiger partial charge in [-0.05, 0) is 42.0 Å². The number of carbonyl (C=O) groups excluding carboxylic acids is 1. The Morgan fingerprint density at radius 2 is 2.00 bits per heavy atom. The molecule has 4 nitrogen and oxygen atoms in total. The predicted molar refractivity (Wildman–Crippen MR) is 72.7 cm³/mol. The standard InChI is InChI=1S/C14H22N2O2/c1-8(2)11-6-10(7-12(15)14(16)17)9(3)5-13(11)18-4/h5-6,8,12H,7,15H2,1-4H3,(H2,16,17). The fourth-order valence-electron chi connectivity index (χ4n) is 1.93. The molecule has 0 fully saturated rings. The minimum absolute atomic E-state index is 0.351. The molecule has 1 aromatic carbocycles. The minimum Gasteiger partial charge on any atom is -0.496 e. The summed E-state index contributed by atoms with van der Waals surface area (Å²) in [5.41, 5.74) is 14.1. The first-order valence-corrected chi connectivity index (χ1v) is 6.09. The van der Waals surface area contributed by atoms with Crippen molar-refractivity contribution in [3.8, 4) is 5.75 Å².